The highest BCUT2D eigenvalue weighted by Crippen LogP contribution is 2.38. The zero-order valence-electron chi connectivity index (χ0n) is 7.75. The second-order valence-electron chi connectivity index (χ2n) is 3.88. The van der Waals surface area contributed by atoms with Crippen LogP contribution in [0.3, 0.4) is 0 Å². The molecule has 4 heteroatoms. The van der Waals surface area contributed by atoms with Crippen molar-refractivity contribution < 1.29 is 14.6 Å². The largest absolute Gasteiger partial charge is 0.363 e. The van der Waals surface area contributed by atoms with Crippen LogP contribution in [0.25, 0.3) is 0 Å². The molecule has 4 nitrogen and oxygen atoms in total. The van der Waals surface area contributed by atoms with Crippen molar-refractivity contribution in [2.75, 3.05) is 0 Å². The van der Waals surface area contributed by atoms with Crippen LogP contribution in [0.1, 0.15) is 32.6 Å². The van der Waals surface area contributed by atoms with Crippen LogP contribution < -0.4 is 5.32 Å². The van der Waals surface area contributed by atoms with Crippen LogP contribution in [0.5, 0.6) is 0 Å². The number of rotatable bonds is 4. The number of amides is 1. The third-order valence-electron chi connectivity index (χ3n) is 2.44. The zero-order chi connectivity index (χ0) is 9.47. The summed E-state index contributed by atoms with van der Waals surface area (Å²) in [7, 11) is 0. The molecule has 0 spiro atoms. The molecule has 1 saturated heterocycles. The molecule has 0 aromatic rings. The van der Waals surface area contributed by atoms with E-state index in [1.807, 2.05) is 6.92 Å². The Balaban J connectivity index is 1.79. The van der Waals surface area contributed by atoms with Crippen molar-refractivity contribution in [3.8, 4) is 0 Å². The molecule has 74 valence electrons. The molecule has 1 amide bonds. The Labute approximate surface area is 77.3 Å². The number of nitrogens with one attached hydrogen (secondary N) is 1. The zero-order valence-corrected chi connectivity index (χ0v) is 7.75. The minimum atomic E-state index is -1.16. The molecule has 2 N–H and O–H groups in total. The van der Waals surface area contributed by atoms with E-state index in [1.165, 1.54) is 0 Å². The highest BCUT2D eigenvalue weighted by atomic mass is 16.7. The quantitative estimate of drug-likeness (QED) is 0.613. The monoisotopic (exact) mass is 185 g/mol. The Hall–Kier alpha value is -0.610. The van der Waals surface area contributed by atoms with Crippen molar-refractivity contribution in [1.82, 2.24) is 5.32 Å². The third kappa shape index (κ3) is 1.84. The standard InChI is InChI=1S/C9H15NO3/c1-2-5-9(12)7(13-9)8(11)10-6-3-4-6/h6-7,12H,2-5H2,1H3,(H,10,11). The lowest BCUT2D eigenvalue weighted by Crippen LogP contribution is -2.33. The second kappa shape index (κ2) is 2.96. The predicted molar refractivity (Wildman–Crippen MR) is 45.9 cm³/mol. The normalized spacial score (nSPS) is 37.2. The van der Waals surface area contributed by atoms with Crippen molar-refractivity contribution >= 4 is 5.91 Å². The van der Waals surface area contributed by atoms with Crippen molar-refractivity contribution in [3.63, 3.8) is 0 Å². The summed E-state index contributed by atoms with van der Waals surface area (Å²) in [5.74, 6) is -1.31. The van der Waals surface area contributed by atoms with E-state index >= 15 is 0 Å². The molecule has 2 atom stereocenters. The van der Waals surface area contributed by atoms with Gasteiger partial charge >= 0.3 is 0 Å². The fourth-order valence-electron chi connectivity index (χ4n) is 1.48. The SMILES string of the molecule is CCCC1(O)OC1C(=O)NC1CC1. The molecule has 1 aliphatic heterocycles. The van der Waals surface area contributed by atoms with E-state index < -0.39 is 11.9 Å². The Morgan fingerprint density at radius 2 is 2.38 bits per heavy atom. The molecule has 2 rings (SSSR count). The van der Waals surface area contributed by atoms with Crippen LogP contribution in [0.2, 0.25) is 0 Å². The summed E-state index contributed by atoms with van der Waals surface area (Å²) in [5.41, 5.74) is 0. The molecule has 2 aliphatic rings. The molecule has 2 fully saturated rings. The second-order valence-corrected chi connectivity index (χ2v) is 3.88. The van der Waals surface area contributed by atoms with Gasteiger partial charge in [-0.2, -0.15) is 0 Å². The Morgan fingerprint density at radius 1 is 1.69 bits per heavy atom. The Bertz CT molecular complexity index is 227. The van der Waals surface area contributed by atoms with Gasteiger partial charge in [0, 0.05) is 12.5 Å². The van der Waals surface area contributed by atoms with Crippen molar-refractivity contribution in [3.05, 3.63) is 0 Å². The van der Waals surface area contributed by atoms with Crippen LogP contribution in [0.4, 0.5) is 0 Å². The molecule has 1 saturated carbocycles. The van der Waals surface area contributed by atoms with Gasteiger partial charge in [0.1, 0.15) is 0 Å². The fourth-order valence-corrected chi connectivity index (χ4v) is 1.48. The summed E-state index contributed by atoms with van der Waals surface area (Å²) in [5, 5.41) is 12.4. The van der Waals surface area contributed by atoms with Crippen LogP contribution in [0.15, 0.2) is 0 Å². The molecule has 2 unspecified atom stereocenters. The minimum absolute atomic E-state index is 0.154. The molecular formula is C9H15NO3. The fraction of sp³-hybridized carbons (Fsp3) is 0.889. The van der Waals surface area contributed by atoms with Crippen molar-refractivity contribution in [1.29, 1.82) is 0 Å². The number of hydrogen-bond donors (Lipinski definition) is 2. The van der Waals surface area contributed by atoms with E-state index in [2.05, 4.69) is 5.32 Å². The average Bonchev–Trinajstić information content (AvgIpc) is 2.90. The van der Waals surface area contributed by atoms with Gasteiger partial charge in [-0.15, -0.1) is 0 Å². The van der Waals surface area contributed by atoms with E-state index in [1.54, 1.807) is 0 Å². The summed E-state index contributed by atoms with van der Waals surface area (Å²) in [6.45, 7) is 1.95. The van der Waals surface area contributed by atoms with E-state index in [-0.39, 0.29) is 5.91 Å². The molecule has 1 aliphatic carbocycles. The lowest BCUT2D eigenvalue weighted by Gasteiger charge is -2.02. The van der Waals surface area contributed by atoms with Gasteiger partial charge in [0.05, 0.1) is 0 Å². The molecule has 0 bridgehead atoms. The molecule has 0 aromatic carbocycles. The first kappa shape index (κ1) is 8.97. The number of hydrogen-bond acceptors (Lipinski definition) is 3. The molecular weight excluding hydrogens is 170 g/mol. The van der Waals surface area contributed by atoms with Gasteiger partial charge in [-0.1, -0.05) is 13.3 Å². The topological polar surface area (TPSA) is 61.9 Å². The molecule has 13 heavy (non-hydrogen) atoms. The van der Waals surface area contributed by atoms with Crippen LogP contribution in [0, 0.1) is 0 Å². The lowest BCUT2D eigenvalue weighted by atomic mass is 10.1. The number of epoxide rings is 1. The van der Waals surface area contributed by atoms with E-state index in [0.717, 1.165) is 19.3 Å². The Morgan fingerprint density at radius 3 is 2.92 bits per heavy atom. The first-order valence-electron chi connectivity index (χ1n) is 4.86. The highest BCUT2D eigenvalue weighted by Gasteiger charge is 2.59. The van der Waals surface area contributed by atoms with Crippen LogP contribution in [-0.2, 0) is 9.53 Å². The maximum atomic E-state index is 11.4. The van der Waals surface area contributed by atoms with Crippen molar-refractivity contribution in [2.45, 2.75) is 50.5 Å². The third-order valence-corrected chi connectivity index (χ3v) is 2.44. The van der Waals surface area contributed by atoms with Gasteiger partial charge < -0.3 is 15.2 Å². The Kier molecular flexibility index (Phi) is 2.04. The number of carbonyl (C=O) groups is 1. The van der Waals surface area contributed by atoms with Gasteiger partial charge in [0.25, 0.3) is 5.91 Å². The van der Waals surface area contributed by atoms with E-state index in [9.17, 15) is 9.90 Å². The minimum Gasteiger partial charge on any atom is -0.363 e. The van der Waals surface area contributed by atoms with Crippen LogP contribution >= 0.6 is 0 Å². The summed E-state index contributed by atoms with van der Waals surface area (Å²) < 4.78 is 4.98. The first-order chi connectivity index (χ1) is 6.15. The van der Waals surface area contributed by atoms with E-state index in [4.69, 9.17) is 4.74 Å². The van der Waals surface area contributed by atoms with Gasteiger partial charge in [-0.3, -0.25) is 4.79 Å². The summed E-state index contributed by atoms with van der Waals surface area (Å²) >= 11 is 0. The van der Waals surface area contributed by atoms with Gasteiger partial charge in [0.2, 0.25) is 5.79 Å². The molecule has 0 radical (unpaired) electrons. The molecule has 1 heterocycles. The van der Waals surface area contributed by atoms with Gasteiger partial charge in [-0.05, 0) is 12.8 Å². The maximum absolute atomic E-state index is 11.4. The van der Waals surface area contributed by atoms with E-state index in [0.29, 0.717) is 12.5 Å². The lowest BCUT2D eigenvalue weighted by molar-refractivity contribution is -0.122. The average molecular weight is 185 g/mol. The maximum Gasteiger partial charge on any atom is 0.255 e. The van der Waals surface area contributed by atoms with Crippen LogP contribution in [-0.4, -0.2) is 28.9 Å². The summed E-state index contributed by atoms with van der Waals surface area (Å²) in [4.78, 5) is 11.4. The summed E-state index contributed by atoms with van der Waals surface area (Å²) in [6.07, 6.45) is 2.86. The number of ether oxygens (including phenoxy) is 1. The summed E-state index contributed by atoms with van der Waals surface area (Å²) in [6, 6.07) is 0.336. The van der Waals surface area contributed by atoms with Crippen molar-refractivity contribution in [2.24, 2.45) is 0 Å². The van der Waals surface area contributed by atoms with Gasteiger partial charge in [-0.25, -0.2) is 0 Å². The number of carbonyl (C=O) groups excluding carboxylic acids is 1. The number of aliphatic hydroxyl groups is 1. The first-order valence-corrected chi connectivity index (χ1v) is 4.86. The smallest absolute Gasteiger partial charge is 0.255 e. The van der Waals surface area contributed by atoms with Gasteiger partial charge in [0.15, 0.2) is 6.10 Å². The molecule has 0 aromatic heterocycles. The predicted octanol–water partition coefficient (Wildman–Crippen LogP) is 0.152. The highest BCUT2D eigenvalue weighted by molar-refractivity contribution is 5.84.